The van der Waals surface area contributed by atoms with Gasteiger partial charge >= 0.3 is 134 Å². The summed E-state index contributed by atoms with van der Waals surface area (Å²) in [5.41, 5.74) is 8.08. The van der Waals surface area contributed by atoms with Crippen molar-refractivity contribution in [3.8, 4) is 0 Å². The summed E-state index contributed by atoms with van der Waals surface area (Å²) in [6.07, 6.45) is 4.80. The van der Waals surface area contributed by atoms with E-state index in [-0.39, 0.29) is 48.0 Å². The Labute approximate surface area is 180 Å². The zero-order valence-corrected chi connectivity index (χ0v) is 21.7. The predicted molar refractivity (Wildman–Crippen MR) is 83.1 cm³/mol. The summed E-state index contributed by atoms with van der Waals surface area (Å²) in [4.78, 5) is 0. The number of hydrogen-bond donors (Lipinski definition) is 0. The Morgan fingerprint density at radius 3 is 2.18 bits per heavy atom. The molecule has 0 bridgehead atoms. The molecule has 0 fully saturated rings. The second kappa shape index (κ2) is 7.77. The molecule has 1 atom stereocenters. The molecule has 0 saturated carbocycles. The van der Waals surface area contributed by atoms with Gasteiger partial charge in [-0.2, -0.15) is 0 Å². The van der Waals surface area contributed by atoms with Gasteiger partial charge < -0.3 is 48.0 Å². The van der Waals surface area contributed by atoms with Crippen LogP contribution in [0.4, 0.5) is 0 Å². The van der Waals surface area contributed by atoms with Crippen molar-refractivity contribution in [2.75, 3.05) is 0 Å². The Balaban J connectivity index is 0.00000121. The standard InChI is InChI=1S/C10H15.C9H7.Hf.2HI/c1-7-6-10(4,5)9(3)8(7)2;1-2-5-9-7-3-6-8(9)4-1;;;/h1-5H3;1-7H;;2*1H/q;;+2;;/p-2. The van der Waals surface area contributed by atoms with Crippen LogP contribution in [0, 0.1) is 5.41 Å². The molecule has 0 saturated heterocycles. The van der Waals surface area contributed by atoms with Crippen LogP contribution >= 0.6 is 0 Å². The van der Waals surface area contributed by atoms with Gasteiger partial charge in [-0.25, -0.2) is 0 Å². The number of allylic oxidation sites excluding steroid dienone is 5. The molecule has 2 aliphatic carbocycles. The van der Waals surface area contributed by atoms with Crippen LogP contribution in [-0.4, -0.2) is 0 Å². The average molecular weight is 683 g/mol. The fourth-order valence-electron chi connectivity index (χ4n) is 3.41. The first-order chi connectivity index (χ1) is 9.43. The molecule has 0 N–H and O–H groups in total. The van der Waals surface area contributed by atoms with E-state index in [1.54, 1.807) is 22.3 Å². The molecule has 2 aliphatic rings. The largest absolute Gasteiger partial charge is 1.00 e. The minimum atomic E-state index is -0.893. The van der Waals surface area contributed by atoms with Crippen LogP contribution in [0.2, 0.25) is 0 Å². The minimum absolute atomic E-state index is 0. The van der Waals surface area contributed by atoms with Gasteiger partial charge in [0.1, 0.15) is 0 Å². The van der Waals surface area contributed by atoms with Crippen LogP contribution in [0.15, 0.2) is 50.4 Å². The Morgan fingerprint density at radius 1 is 0.955 bits per heavy atom. The van der Waals surface area contributed by atoms with E-state index in [1.165, 1.54) is 5.56 Å². The summed E-state index contributed by atoms with van der Waals surface area (Å²) >= 11 is -0.893. The van der Waals surface area contributed by atoms with Gasteiger partial charge in [0.2, 0.25) is 0 Å². The zero-order valence-electron chi connectivity index (χ0n) is 13.8. The third-order valence-electron chi connectivity index (χ3n) is 5.16. The Hall–Kier alpha value is 0.770. The fourth-order valence-corrected chi connectivity index (χ4v) is 10.1. The van der Waals surface area contributed by atoms with Crippen LogP contribution in [0.5, 0.6) is 0 Å². The molecule has 116 valence electrons. The van der Waals surface area contributed by atoms with Crippen molar-refractivity contribution in [2.45, 2.75) is 38.3 Å². The van der Waals surface area contributed by atoms with Gasteiger partial charge in [-0.15, -0.1) is 0 Å². The predicted octanol–water partition coefficient (Wildman–Crippen LogP) is -0.505. The summed E-state index contributed by atoms with van der Waals surface area (Å²) in [6, 6.07) is 8.93. The second-order valence-electron chi connectivity index (χ2n) is 6.49. The van der Waals surface area contributed by atoms with Crippen molar-refractivity contribution in [1.82, 2.24) is 0 Å². The first-order valence-corrected chi connectivity index (χ1v) is 11.2. The minimum Gasteiger partial charge on any atom is -1.00 e. The van der Waals surface area contributed by atoms with E-state index in [4.69, 9.17) is 0 Å². The summed E-state index contributed by atoms with van der Waals surface area (Å²) < 4.78 is 2.56. The van der Waals surface area contributed by atoms with Gasteiger partial charge in [-0.1, -0.05) is 0 Å². The number of halogens is 2. The number of fused-ring (bicyclic) bond motifs is 1. The zero-order chi connectivity index (χ0) is 14.5. The van der Waals surface area contributed by atoms with E-state index in [0.717, 1.165) is 3.67 Å². The molecule has 0 aliphatic heterocycles. The van der Waals surface area contributed by atoms with Crippen LogP contribution in [0.1, 0.15) is 49.4 Å². The summed E-state index contributed by atoms with van der Waals surface area (Å²) in [7, 11) is 0. The number of hydrogen-bond acceptors (Lipinski definition) is 0. The number of benzene rings is 1. The fraction of sp³-hybridized carbons (Fsp3) is 0.368. The van der Waals surface area contributed by atoms with Crippen molar-refractivity contribution in [2.24, 2.45) is 5.41 Å². The molecular formula is C19H22HfI2. The summed E-state index contributed by atoms with van der Waals surface area (Å²) in [5, 5.41) is 0. The van der Waals surface area contributed by atoms with Crippen molar-refractivity contribution in [3.05, 3.63) is 61.5 Å². The maximum Gasteiger partial charge on any atom is -1.00 e. The van der Waals surface area contributed by atoms with E-state index in [0.29, 0.717) is 5.41 Å². The Bertz CT molecular complexity index is 666. The molecule has 3 rings (SSSR count). The molecular weight excluding hydrogens is 661 g/mol. The molecule has 0 spiro atoms. The normalized spacial score (nSPS) is 21.2. The Morgan fingerprint density at radius 2 is 1.59 bits per heavy atom. The third kappa shape index (κ3) is 3.41. The second-order valence-corrected chi connectivity index (χ2v) is 11.6. The molecule has 0 nitrogen and oxygen atoms in total. The van der Waals surface area contributed by atoms with Crippen molar-refractivity contribution in [3.63, 3.8) is 0 Å². The Kier molecular flexibility index (Phi) is 7.35. The molecule has 22 heavy (non-hydrogen) atoms. The molecule has 1 unspecified atom stereocenters. The molecule has 0 heterocycles. The first-order valence-electron chi connectivity index (χ1n) is 7.36. The van der Waals surface area contributed by atoms with Gasteiger partial charge in [-0.05, 0) is 0 Å². The maximum absolute atomic E-state index is 2.47. The van der Waals surface area contributed by atoms with E-state index in [2.05, 4.69) is 71.0 Å². The molecule has 0 radical (unpaired) electrons. The monoisotopic (exact) mass is 684 g/mol. The molecule has 3 heteroatoms. The van der Waals surface area contributed by atoms with E-state index in [9.17, 15) is 0 Å². The SMILES string of the molecule is CC1=C(C)C(C)(C)[C]([Hf+2][CH]2C=Cc3ccccc32)=C1C.[I-].[I-]. The first kappa shape index (κ1) is 20.8. The maximum atomic E-state index is 2.47. The van der Waals surface area contributed by atoms with Gasteiger partial charge in [-0.3, -0.25) is 0 Å². The van der Waals surface area contributed by atoms with Crippen molar-refractivity contribution < 1.29 is 70.9 Å². The van der Waals surface area contributed by atoms with E-state index >= 15 is 0 Å². The van der Waals surface area contributed by atoms with Gasteiger partial charge in [0.25, 0.3) is 0 Å². The van der Waals surface area contributed by atoms with Crippen LogP contribution in [0.25, 0.3) is 6.08 Å². The van der Waals surface area contributed by atoms with Crippen LogP contribution < -0.4 is 48.0 Å². The van der Waals surface area contributed by atoms with E-state index in [1.807, 2.05) is 3.33 Å². The molecule has 0 aromatic heterocycles. The summed E-state index contributed by atoms with van der Waals surface area (Å²) in [5.74, 6) is 0. The van der Waals surface area contributed by atoms with Crippen LogP contribution in [-0.2, 0) is 22.9 Å². The smallest absolute Gasteiger partial charge is 1.00 e. The van der Waals surface area contributed by atoms with Crippen molar-refractivity contribution >= 4 is 6.08 Å². The van der Waals surface area contributed by atoms with Gasteiger partial charge in [0.15, 0.2) is 0 Å². The molecule has 1 aromatic carbocycles. The van der Waals surface area contributed by atoms with Gasteiger partial charge in [0, 0.05) is 0 Å². The van der Waals surface area contributed by atoms with Crippen molar-refractivity contribution in [1.29, 1.82) is 0 Å². The van der Waals surface area contributed by atoms with Gasteiger partial charge in [0.05, 0.1) is 0 Å². The quantitative estimate of drug-likeness (QED) is 0.292. The topological polar surface area (TPSA) is 0 Å². The van der Waals surface area contributed by atoms with Crippen LogP contribution in [0.3, 0.4) is 0 Å². The summed E-state index contributed by atoms with van der Waals surface area (Å²) in [6.45, 7) is 11.8. The molecule has 1 aromatic rings. The van der Waals surface area contributed by atoms with E-state index < -0.39 is 22.9 Å². The number of rotatable bonds is 2. The average Bonchev–Trinajstić information content (AvgIpc) is 2.90. The third-order valence-corrected chi connectivity index (χ3v) is 12.7. The molecule has 0 amide bonds.